The molecule has 1 heterocycles. The molecule has 0 amide bonds. The van der Waals surface area contributed by atoms with Crippen molar-refractivity contribution < 1.29 is 0 Å². The minimum absolute atomic E-state index is 0.138. The average molecular weight is 1030 g/mol. The molecule has 0 atom stereocenters. The molecule has 11 aromatic rings. The fourth-order valence-corrected chi connectivity index (χ4v) is 13.8. The fraction of sp³-hybridized carbons (Fsp3) is 0.143. The lowest BCUT2D eigenvalue weighted by atomic mass is 9.62. The van der Waals surface area contributed by atoms with Crippen LogP contribution in [0.4, 0.5) is 51.2 Å². The molecular formula is C77H65N3. The van der Waals surface area contributed by atoms with E-state index in [4.69, 9.17) is 0 Å². The van der Waals surface area contributed by atoms with Gasteiger partial charge in [0, 0.05) is 50.6 Å². The van der Waals surface area contributed by atoms with Gasteiger partial charge in [0.25, 0.3) is 0 Å². The zero-order valence-electron chi connectivity index (χ0n) is 47.0. The number of rotatable bonds is 9. The van der Waals surface area contributed by atoms with Crippen LogP contribution in [0.5, 0.6) is 0 Å². The van der Waals surface area contributed by atoms with Gasteiger partial charge in [-0.05, 0) is 192 Å². The molecule has 3 heteroatoms. The van der Waals surface area contributed by atoms with Gasteiger partial charge in [0.1, 0.15) is 0 Å². The molecule has 1 aliphatic heterocycles. The van der Waals surface area contributed by atoms with Crippen molar-refractivity contribution in [2.24, 2.45) is 0 Å². The van der Waals surface area contributed by atoms with E-state index in [9.17, 15) is 0 Å². The second-order valence-corrected chi connectivity index (χ2v) is 23.7. The maximum atomic E-state index is 2.48. The van der Waals surface area contributed by atoms with Crippen LogP contribution in [0.2, 0.25) is 0 Å². The third kappa shape index (κ3) is 7.55. The van der Waals surface area contributed by atoms with Gasteiger partial charge in [-0.15, -0.1) is 0 Å². The third-order valence-corrected chi connectivity index (χ3v) is 18.0. The molecule has 3 aliphatic rings. The Morgan fingerprint density at radius 2 is 0.625 bits per heavy atom. The highest BCUT2D eigenvalue weighted by Gasteiger charge is 2.47. The molecule has 2 aliphatic carbocycles. The van der Waals surface area contributed by atoms with Crippen molar-refractivity contribution in [2.75, 3.05) is 14.7 Å². The molecule has 0 radical (unpaired) electrons. The molecule has 0 saturated carbocycles. The van der Waals surface area contributed by atoms with E-state index in [1.165, 1.54) is 89.0 Å². The highest BCUT2D eigenvalue weighted by molar-refractivity contribution is 5.92. The highest BCUT2D eigenvalue weighted by Crippen LogP contribution is 2.59. The molecule has 0 saturated heterocycles. The minimum Gasteiger partial charge on any atom is -0.310 e. The van der Waals surface area contributed by atoms with Crippen molar-refractivity contribution in [2.45, 2.75) is 71.6 Å². The third-order valence-electron chi connectivity index (χ3n) is 18.0. The number of aryl methyl sites for hydroxylation is 4. The van der Waals surface area contributed by atoms with Crippen LogP contribution >= 0.6 is 0 Å². The van der Waals surface area contributed by atoms with E-state index in [2.05, 4.69) is 319 Å². The summed E-state index contributed by atoms with van der Waals surface area (Å²) in [6.45, 7) is 18.2. The molecule has 11 aromatic carbocycles. The number of anilines is 9. The van der Waals surface area contributed by atoms with Gasteiger partial charge in [-0.3, -0.25) is 0 Å². The summed E-state index contributed by atoms with van der Waals surface area (Å²) in [5.41, 5.74) is 29.7. The van der Waals surface area contributed by atoms with Crippen LogP contribution in [0.25, 0.3) is 22.3 Å². The maximum absolute atomic E-state index is 2.48. The zero-order chi connectivity index (χ0) is 54.7. The lowest BCUT2D eigenvalue weighted by Crippen LogP contribution is -2.38. The smallest absolute Gasteiger partial charge is 0.0742 e. The lowest BCUT2D eigenvalue weighted by Gasteiger charge is -2.47. The predicted molar refractivity (Wildman–Crippen MR) is 336 cm³/mol. The Balaban J connectivity index is 0.962. The summed E-state index contributed by atoms with van der Waals surface area (Å²) in [7, 11) is 0. The van der Waals surface area contributed by atoms with Crippen LogP contribution in [0, 0.1) is 27.7 Å². The number of benzene rings is 11. The van der Waals surface area contributed by atoms with Gasteiger partial charge in [-0.25, -0.2) is 0 Å². The van der Waals surface area contributed by atoms with Crippen molar-refractivity contribution in [3.63, 3.8) is 0 Å². The van der Waals surface area contributed by atoms with E-state index >= 15 is 0 Å². The van der Waals surface area contributed by atoms with E-state index in [-0.39, 0.29) is 10.8 Å². The molecule has 0 aromatic heterocycles. The summed E-state index contributed by atoms with van der Waals surface area (Å²) in [5.74, 6) is 0. The Kier molecular flexibility index (Phi) is 11.3. The van der Waals surface area contributed by atoms with Gasteiger partial charge in [0.15, 0.2) is 0 Å². The van der Waals surface area contributed by atoms with Crippen LogP contribution < -0.4 is 14.7 Å². The monoisotopic (exact) mass is 1030 g/mol. The van der Waals surface area contributed by atoms with Gasteiger partial charge in [0.05, 0.1) is 16.8 Å². The Labute approximate surface area is 472 Å². The Hall–Kier alpha value is -9.18. The van der Waals surface area contributed by atoms with Crippen molar-refractivity contribution in [3.8, 4) is 22.3 Å². The summed E-state index contributed by atoms with van der Waals surface area (Å²) < 4.78 is 0. The van der Waals surface area contributed by atoms with E-state index in [1.807, 2.05) is 0 Å². The molecule has 14 rings (SSSR count). The van der Waals surface area contributed by atoms with E-state index in [1.54, 1.807) is 0 Å². The van der Waals surface area contributed by atoms with Gasteiger partial charge in [-0.1, -0.05) is 202 Å². The Bertz CT molecular complexity index is 4000. The average Bonchev–Trinajstić information content (AvgIpc) is 3.87. The summed E-state index contributed by atoms with van der Waals surface area (Å²) >= 11 is 0. The maximum Gasteiger partial charge on any atom is 0.0742 e. The first-order chi connectivity index (χ1) is 38.8. The normalized spacial score (nSPS) is 14.5. The summed E-state index contributed by atoms with van der Waals surface area (Å²) in [6, 6.07) is 94.2. The number of fused-ring (bicyclic) bond motifs is 8. The van der Waals surface area contributed by atoms with Crippen LogP contribution in [-0.4, -0.2) is 0 Å². The topological polar surface area (TPSA) is 9.72 Å². The quantitative estimate of drug-likeness (QED) is 0.143. The summed E-state index contributed by atoms with van der Waals surface area (Å²) in [5, 5.41) is 0. The molecule has 3 nitrogen and oxygen atoms in total. The largest absolute Gasteiger partial charge is 0.310 e. The Morgan fingerprint density at radius 1 is 0.275 bits per heavy atom. The second-order valence-electron chi connectivity index (χ2n) is 23.7. The molecule has 0 bridgehead atoms. The Morgan fingerprint density at radius 3 is 1.09 bits per heavy atom. The molecular weight excluding hydrogens is 967 g/mol. The molecule has 0 spiro atoms. The number of hydrogen-bond donors (Lipinski definition) is 0. The van der Waals surface area contributed by atoms with Crippen LogP contribution in [0.3, 0.4) is 0 Å². The fourth-order valence-electron chi connectivity index (χ4n) is 13.8. The molecule has 80 heavy (non-hydrogen) atoms. The molecule has 0 unspecified atom stereocenters. The van der Waals surface area contributed by atoms with Gasteiger partial charge in [0.2, 0.25) is 0 Å². The van der Waals surface area contributed by atoms with Gasteiger partial charge in [-0.2, -0.15) is 0 Å². The van der Waals surface area contributed by atoms with Gasteiger partial charge >= 0.3 is 0 Å². The molecule has 0 fully saturated rings. The van der Waals surface area contributed by atoms with E-state index < -0.39 is 5.41 Å². The lowest BCUT2D eigenvalue weighted by molar-refractivity contribution is 0.660. The predicted octanol–water partition coefficient (Wildman–Crippen LogP) is 20.6. The number of nitrogens with zero attached hydrogens (tertiary/aromatic N) is 3. The molecule has 0 N–H and O–H groups in total. The first-order valence-electron chi connectivity index (χ1n) is 28.3. The van der Waals surface area contributed by atoms with Crippen molar-refractivity contribution in [3.05, 3.63) is 315 Å². The van der Waals surface area contributed by atoms with E-state index in [0.29, 0.717) is 0 Å². The summed E-state index contributed by atoms with van der Waals surface area (Å²) in [6.07, 6.45) is 0. The first-order valence-corrected chi connectivity index (χ1v) is 28.3. The zero-order valence-corrected chi connectivity index (χ0v) is 47.0. The SMILES string of the molecule is Cc1ccc(N(c2ccc(C3(c4ccc(N(c5ccc(C)cc5)c5ccc6c(c5)C(C)(C)c5ccccc5-6)cc4)c4ccccc4N(c4ccc(C)cc4)c4ccc(C)cc43)cc2)c2ccc3c(c2)C(C)(C)c2ccccc2-3)cc1. The van der Waals surface area contributed by atoms with Crippen LogP contribution in [0.15, 0.2) is 249 Å². The second kappa shape index (κ2) is 18.5. The summed E-state index contributed by atoms with van der Waals surface area (Å²) in [4.78, 5) is 7.35. The van der Waals surface area contributed by atoms with Crippen LogP contribution in [0.1, 0.15) is 94.5 Å². The van der Waals surface area contributed by atoms with Crippen molar-refractivity contribution in [1.29, 1.82) is 0 Å². The van der Waals surface area contributed by atoms with Crippen molar-refractivity contribution >= 4 is 51.2 Å². The van der Waals surface area contributed by atoms with Gasteiger partial charge < -0.3 is 14.7 Å². The first kappa shape index (κ1) is 49.1. The standard InChI is InChI=1S/C77H65N3/c1-50-21-32-56(33-22-50)78(61-42-44-65-63-15-9-11-17-67(63)75(5,6)70(65)48-61)58-38-28-54(29-39-58)77(69-19-13-14-20-73(69)80(60-36-25-52(3)26-37-60)74-46-27-53(4)47-72(74)77)55-30-40-59(41-31-55)79(57-34-23-51(2)24-35-57)62-43-45-66-64-16-10-12-18-68(64)76(7,8)71(66)49-62/h9-49H,1-8H3. The van der Waals surface area contributed by atoms with E-state index in [0.717, 1.165) is 51.2 Å². The number of hydrogen-bond acceptors (Lipinski definition) is 3. The molecule has 388 valence electrons. The minimum atomic E-state index is -0.730. The number of para-hydroxylation sites is 1. The highest BCUT2D eigenvalue weighted by atomic mass is 15.2. The van der Waals surface area contributed by atoms with Crippen molar-refractivity contribution in [1.82, 2.24) is 0 Å². The van der Waals surface area contributed by atoms with Crippen LogP contribution in [-0.2, 0) is 16.2 Å².